The molecule has 2 N–H and O–H groups in total. The van der Waals surface area contributed by atoms with Gasteiger partial charge in [-0.15, -0.1) is 12.4 Å². The van der Waals surface area contributed by atoms with E-state index in [4.69, 9.17) is 0 Å². The highest BCUT2D eigenvalue weighted by Gasteiger charge is 2.65. The van der Waals surface area contributed by atoms with E-state index in [1.807, 2.05) is 12.3 Å². The molecular weight excluding hydrogens is 336 g/mol. The largest absolute Gasteiger partial charge is 0.464 e. The number of rotatable bonds is 0. The van der Waals surface area contributed by atoms with E-state index in [1.165, 1.54) is 32.5 Å². The molecule has 2 heterocycles. The summed E-state index contributed by atoms with van der Waals surface area (Å²) in [6, 6.07) is 8.59. The predicted octanol–water partition coefficient (Wildman–Crippen LogP) is 3.64. The van der Waals surface area contributed by atoms with Crippen molar-refractivity contribution in [2.45, 2.75) is 18.3 Å². The van der Waals surface area contributed by atoms with E-state index in [1.54, 1.807) is 0 Å². The van der Waals surface area contributed by atoms with Crippen molar-refractivity contribution < 1.29 is 9.90 Å². The molecule has 25 heavy (non-hydrogen) atoms. The van der Waals surface area contributed by atoms with Gasteiger partial charge in [0.25, 0.3) is 0 Å². The van der Waals surface area contributed by atoms with E-state index in [0.29, 0.717) is 0 Å². The number of aromatic nitrogens is 1. The molecule has 4 nitrogen and oxygen atoms in total. The van der Waals surface area contributed by atoms with Crippen molar-refractivity contribution in [1.82, 2.24) is 9.88 Å². The Morgan fingerprint density at radius 3 is 2.96 bits per heavy atom. The summed E-state index contributed by atoms with van der Waals surface area (Å²) in [6.07, 6.45) is 9.38. The molecule has 0 amide bonds. The summed E-state index contributed by atoms with van der Waals surface area (Å²) >= 11 is 0. The molecule has 0 saturated carbocycles. The van der Waals surface area contributed by atoms with E-state index in [9.17, 15) is 9.90 Å². The Morgan fingerprint density at radius 2 is 2.12 bits per heavy atom. The second-order valence-corrected chi connectivity index (χ2v) is 7.28. The van der Waals surface area contributed by atoms with Crippen molar-refractivity contribution >= 4 is 30.7 Å². The number of hydrogen-bond donors (Lipinski definition) is 2. The Labute approximate surface area is 151 Å². The monoisotopic (exact) mass is 352 g/mol. The molecule has 2 unspecified atom stereocenters. The minimum atomic E-state index is -0.901. The topological polar surface area (TPSA) is 54.3 Å². The van der Waals surface area contributed by atoms with Crippen LogP contribution in [0.4, 0.5) is 4.79 Å². The van der Waals surface area contributed by atoms with Gasteiger partial charge in [-0.3, -0.25) is 4.57 Å². The second kappa shape index (κ2) is 4.38. The van der Waals surface area contributed by atoms with Crippen LogP contribution in [-0.2, 0) is 11.8 Å². The van der Waals surface area contributed by atoms with Gasteiger partial charge in [-0.25, -0.2) is 4.79 Å². The number of halogens is 1. The Kier molecular flexibility index (Phi) is 2.60. The average molecular weight is 353 g/mol. The first kappa shape index (κ1) is 14.8. The molecule has 1 saturated heterocycles. The lowest BCUT2D eigenvalue weighted by Gasteiger charge is -2.55. The van der Waals surface area contributed by atoms with Crippen molar-refractivity contribution in [3.05, 3.63) is 70.2 Å². The second-order valence-electron chi connectivity index (χ2n) is 7.28. The molecule has 1 aliphatic heterocycles. The van der Waals surface area contributed by atoms with Gasteiger partial charge < -0.3 is 10.4 Å². The molecule has 4 aliphatic rings. The maximum Gasteiger partial charge on any atom is 0.415 e. The zero-order chi connectivity index (χ0) is 16.1. The van der Waals surface area contributed by atoms with Gasteiger partial charge >= 0.3 is 6.09 Å². The maximum absolute atomic E-state index is 11.7. The quantitative estimate of drug-likeness (QED) is 0.761. The standard InChI is InChI=1S/C20H16N2O2.ClH/c23-18(24)22-11-13-10-19-6-5-15(22)17(13)20(19)7-8-21-16(19)9-12-3-1-2-4-14(12)20;/h1-6,9,11,21H,7-8,10H2,(H,23,24);1H. The fourth-order valence-electron chi connectivity index (χ4n) is 5.78. The van der Waals surface area contributed by atoms with E-state index < -0.39 is 6.09 Å². The van der Waals surface area contributed by atoms with Crippen LogP contribution >= 0.6 is 12.4 Å². The highest BCUT2D eigenvalue weighted by molar-refractivity contribution is 5.85. The number of benzene rings is 1. The van der Waals surface area contributed by atoms with Crippen LogP contribution < -0.4 is 5.32 Å². The van der Waals surface area contributed by atoms with Crippen molar-refractivity contribution in [2.75, 3.05) is 6.54 Å². The molecule has 1 aromatic carbocycles. The number of nitrogens with zero attached hydrogens (tertiary/aromatic N) is 1. The highest BCUT2D eigenvalue weighted by atomic mass is 35.5. The number of carboxylic acid groups (broad SMARTS) is 1. The molecule has 2 atom stereocenters. The predicted molar refractivity (Wildman–Crippen MR) is 98.1 cm³/mol. The normalized spacial score (nSPS) is 29.0. The SMILES string of the molecule is Cl.O=C(O)n1cc2c3c1C=CC1(C2)C2=Cc4ccccc4C31CCN2. The molecule has 126 valence electrons. The van der Waals surface area contributed by atoms with Gasteiger partial charge in [-0.05, 0) is 47.2 Å². The van der Waals surface area contributed by atoms with E-state index in [-0.39, 0.29) is 23.2 Å². The molecule has 0 spiro atoms. The Morgan fingerprint density at radius 1 is 1.28 bits per heavy atom. The van der Waals surface area contributed by atoms with Crippen molar-refractivity contribution in [2.24, 2.45) is 5.41 Å². The minimum Gasteiger partial charge on any atom is -0.464 e. The first-order valence-corrected chi connectivity index (χ1v) is 8.40. The van der Waals surface area contributed by atoms with Gasteiger partial charge in [0.2, 0.25) is 0 Å². The van der Waals surface area contributed by atoms with Crippen LogP contribution in [-0.4, -0.2) is 22.3 Å². The Balaban J connectivity index is 0.00000140. The number of nitrogens with one attached hydrogen (secondary N) is 1. The number of piperidine rings is 1. The fourth-order valence-corrected chi connectivity index (χ4v) is 5.78. The van der Waals surface area contributed by atoms with E-state index in [2.05, 4.69) is 41.7 Å². The molecule has 0 radical (unpaired) electrons. The molecule has 1 fully saturated rings. The van der Waals surface area contributed by atoms with Crippen LogP contribution in [0.3, 0.4) is 0 Å². The van der Waals surface area contributed by atoms with Gasteiger partial charge in [0.1, 0.15) is 0 Å². The number of carbonyl (C=O) groups is 1. The lowest BCUT2D eigenvalue weighted by atomic mass is 9.51. The fraction of sp³-hybridized carbons (Fsp3) is 0.250. The molecular formula is C20H17ClN2O2. The van der Waals surface area contributed by atoms with Gasteiger partial charge in [0.15, 0.2) is 0 Å². The third-order valence-corrected chi connectivity index (χ3v) is 6.53. The smallest absolute Gasteiger partial charge is 0.415 e. The summed E-state index contributed by atoms with van der Waals surface area (Å²) in [5, 5.41) is 13.2. The summed E-state index contributed by atoms with van der Waals surface area (Å²) in [5.74, 6) is 0. The van der Waals surface area contributed by atoms with Gasteiger partial charge in [0.05, 0.1) is 5.69 Å². The van der Waals surface area contributed by atoms with Gasteiger partial charge in [-0.1, -0.05) is 30.3 Å². The van der Waals surface area contributed by atoms with Crippen LogP contribution in [0, 0.1) is 5.41 Å². The minimum absolute atomic E-state index is 0. The molecule has 1 aromatic heterocycles. The van der Waals surface area contributed by atoms with Crippen molar-refractivity contribution in [1.29, 1.82) is 0 Å². The van der Waals surface area contributed by atoms with Crippen LogP contribution in [0.1, 0.15) is 34.4 Å². The number of hydrogen-bond acceptors (Lipinski definition) is 2. The molecule has 4 bridgehead atoms. The number of fused-ring (bicyclic) bond motifs is 1. The highest BCUT2D eigenvalue weighted by Crippen LogP contribution is 2.68. The number of allylic oxidation sites excluding steroid dienone is 1. The first-order chi connectivity index (χ1) is 11.7. The summed E-state index contributed by atoms with van der Waals surface area (Å²) in [7, 11) is 0. The average Bonchev–Trinajstić information content (AvgIpc) is 3.01. The summed E-state index contributed by atoms with van der Waals surface area (Å²) in [4.78, 5) is 11.7. The molecule has 5 heteroatoms. The van der Waals surface area contributed by atoms with Crippen molar-refractivity contribution in [3.8, 4) is 0 Å². The van der Waals surface area contributed by atoms with Gasteiger partial charge in [0, 0.05) is 29.3 Å². The van der Waals surface area contributed by atoms with E-state index in [0.717, 1.165) is 25.1 Å². The van der Waals surface area contributed by atoms with Crippen LogP contribution in [0.5, 0.6) is 0 Å². The Bertz CT molecular complexity index is 1020. The van der Waals surface area contributed by atoms with Crippen LogP contribution in [0.2, 0.25) is 0 Å². The summed E-state index contributed by atoms with van der Waals surface area (Å²) < 4.78 is 1.40. The third kappa shape index (κ3) is 1.37. The van der Waals surface area contributed by atoms with Gasteiger partial charge in [-0.2, -0.15) is 0 Å². The third-order valence-electron chi connectivity index (χ3n) is 6.53. The molecule has 3 aliphatic carbocycles. The maximum atomic E-state index is 11.7. The zero-order valence-electron chi connectivity index (χ0n) is 13.5. The summed E-state index contributed by atoms with van der Waals surface area (Å²) in [5.41, 5.74) is 6.97. The summed E-state index contributed by atoms with van der Waals surface area (Å²) in [6.45, 7) is 0.924. The lowest BCUT2D eigenvalue weighted by Crippen LogP contribution is -2.56. The Hall–Kier alpha value is -2.46. The molecule has 6 rings (SSSR count). The lowest BCUT2D eigenvalue weighted by molar-refractivity contribution is 0.194. The zero-order valence-corrected chi connectivity index (χ0v) is 14.3. The van der Waals surface area contributed by atoms with Crippen molar-refractivity contribution in [3.63, 3.8) is 0 Å². The first-order valence-electron chi connectivity index (χ1n) is 8.40. The van der Waals surface area contributed by atoms with Crippen LogP contribution in [0.15, 0.2) is 42.2 Å². The van der Waals surface area contributed by atoms with E-state index >= 15 is 0 Å². The van der Waals surface area contributed by atoms with Crippen LogP contribution in [0.25, 0.3) is 12.2 Å². The molecule has 2 aromatic rings.